The van der Waals surface area contributed by atoms with Crippen molar-refractivity contribution in [3.05, 3.63) is 59.9 Å². The number of hydrogen-bond donors (Lipinski definition) is 1. The zero-order chi connectivity index (χ0) is 21.6. The molecule has 0 aliphatic heterocycles. The van der Waals surface area contributed by atoms with Gasteiger partial charge in [-0.1, -0.05) is 13.0 Å². The molecule has 0 amide bonds. The number of carbonyl (C=O) groups excluding carboxylic acids is 1. The van der Waals surface area contributed by atoms with Gasteiger partial charge in [0, 0.05) is 12.2 Å². The summed E-state index contributed by atoms with van der Waals surface area (Å²) in [6, 6.07) is 12.0. The van der Waals surface area contributed by atoms with Gasteiger partial charge < -0.3 is 9.47 Å². The van der Waals surface area contributed by atoms with E-state index in [1.807, 2.05) is 6.92 Å². The lowest BCUT2D eigenvalue weighted by atomic mass is 10.2. The number of esters is 1. The summed E-state index contributed by atoms with van der Waals surface area (Å²) < 4.78 is 39.6. The quantitative estimate of drug-likeness (QED) is 0.511. The number of hydrogen-bond acceptors (Lipinski definition) is 8. The Bertz CT molecular complexity index is 1110. The van der Waals surface area contributed by atoms with E-state index in [9.17, 15) is 13.2 Å². The van der Waals surface area contributed by atoms with Crippen LogP contribution in [0.1, 0.15) is 29.5 Å². The van der Waals surface area contributed by atoms with E-state index in [1.54, 1.807) is 28.9 Å². The maximum Gasteiger partial charge on any atom is 0.338 e. The van der Waals surface area contributed by atoms with Crippen LogP contribution in [0, 0.1) is 0 Å². The van der Waals surface area contributed by atoms with Crippen LogP contribution in [0.15, 0.2) is 53.4 Å². The Morgan fingerprint density at radius 2 is 1.93 bits per heavy atom. The number of aromatic nitrogens is 4. The maximum absolute atomic E-state index is 12.7. The first-order chi connectivity index (χ1) is 14.4. The number of benzene rings is 2. The molecule has 0 saturated carbocycles. The summed E-state index contributed by atoms with van der Waals surface area (Å²) in [7, 11) is -2.37. The van der Waals surface area contributed by atoms with Gasteiger partial charge in [-0.3, -0.25) is 4.72 Å². The average Bonchev–Trinajstić information content (AvgIpc) is 3.20. The highest BCUT2D eigenvalue weighted by molar-refractivity contribution is 7.92. The van der Waals surface area contributed by atoms with E-state index in [0.29, 0.717) is 23.8 Å². The van der Waals surface area contributed by atoms with Crippen molar-refractivity contribution in [3.63, 3.8) is 0 Å². The summed E-state index contributed by atoms with van der Waals surface area (Å²) >= 11 is 0. The molecule has 3 rings (SSSR count). The minimum Gasteiger partial charge on any atom is -0.497 e. The van der Waals surface area contributed by atoms with Gasteiger partial charge >= 0.3 is 5.97 Å². The Balaban J connectivity index is 1.70. The first-order valence-electron chi connectivity index (χ1n) is 9.12. The molecule has 0 saturated heterocycles. The predicted molar refractivity (Wildman–Crippen MR) is 107 cm³/mol. The number of sulfonamides is 1. The van der Waals surface area contributed by atoms with Crippen molar-refractivity contribution in [2.45, 2.75) is 31.4 Å². The highest BCUT2D eigenvalue weighted by atomic mass is 32.2. The largest absolute Gasteiger partial charge is 0.497 e. The minimum absolute atomic E-state index is 0.0661. The summed E-state index contributed by atoms with van der Waals surface area (Å²) in [6.45, 7) is 2.46. The second kappa shape index (κ2) is 9.35. The maximum atomic E-state index is 12.7. The van der Waals surface area contributed by atoms with Crippen LogP contribution in [-0.4, -0.2) is 41.7 Å². The summed E-state index contributed by atoms with van der Waals surface area (Å²) in [5.74, 6) is 0.338. The number of aryl methyl sites for hydroxylation is 1. The Kier molecular flexibility index (Phi) is 6.62. The van der Waals surface area contributed by atoms with Gasteiger partial charge in [0.2, 0.25) is 0 Å². The molecule has 0 spiro atoms. The number of ether oxygens (including phenoxy) is 2. The van der Waals surface area contributed by atoms with Crippen molar-refractivity contribution in [2.24, 2.45) is 0 Å². The number of nitrogens with zero attached hydrogens (tertiary/aromatic N) is 4. The molecule has 30 heavy (non-hydrogen) atoms. The molecular formula is C19H21N5O5S. The van der Waals surface area contributed by atoms with Crippen LogP contribution in [0.3, 0.4) is 0 Å². The summed E-state index contributed by atoms with van der Waals surface area (Å²) in [4.78, 5) is 12.3. The highest BCUT2D eigenvalue weighted by Gasteiger charge is 2.18. The summed E-state index contributed by atoms with van der Waals surface area (Å²) in [5.41, 5.74) is 0.466. The molecule has 0 aliphatic rings. The normalized spacial score (nSPS) is 11.1. The lowest BCUT2D eigenvalue weighted by molar-refractivity contribution is 0.0456. The van der Waals surface area contributed by atoms with Gasteiger partial charge in [0.25, 0.3) is 10.0 Å². The number of methoxy groups -OCH3 is 1. The van der Waals surface area contributed by atoms with Crippen LogP contribution in [-0.2, 0) is 27.9 Å². The lowest BCUT2D eigenvalue weighted by Crippen LogP contribution is -2.15. The van der Waals surface area contributed by atoms with E-state index in [0.717, 1.165) is 6.42 Å². The van der Waals surface area contributed by atoms with E-state index in [4.69, 9.17) is 9.47 Å². The Labute approximate surface area is 173 Å². The number of carbonyl (C=O) groups is 1. The Hall–Kier alpha value is -3.47. The Morgan fingerprint density at radius 1 is 1.17 bits per heavy atom. The molecule has 10 nitrogen and oxygen atoms in total. The molecule has 0 unspecified atom stereocenters. The van der Waals surface area contributed by atoms with Crippen molar-refractivity contribution in [3.8, 4) is 5.75 Å². The molecule has 3 aromatic rings. The highest BCUT2D eigenvalue weighted by Crippen LogP contribution is 2.20. The van der Waals surface area contributed by atoms with E-state index in [-0.39, 0.29) is 17.1 Å². The molecule has 1 aromatic heterocycles. The standard InChI is InChI=1S/C19H21N5O5S/c1-3-11-24-18(20-22-23-24)13-29-19(25)14-5-4-6-17(12-14)30(26,27)21-15-7-9-16(28-2)10-8-15/h4-10,12,21H,3,11,13H2,1-2H3. The van der Waals surface area contributed by atoms with Crippen LogP contribution in [0.5, 0.6) is 5.75 Å². The molecule has 11 heteroatoms. The molecule has 0 atom stereocenters. The van der Waals surface area contributed by atoms with Gasteiger partial charge in [0.15, 0.2) is 12.4 Å². The van der Waals surface area contributed by atoms with Crippen LogP contribution < -0.4 is 9.46 Å². The molecule has 1 heterocycles. The molecular weight excluding hydrogens is 410 g/mol. The van der Waals surface area contributed by atoms with Crippen LogP contribution in [0.25, 0.3) is 0 Å². The molecule has 1 N–H and O–H groups in total. The smallest absolute Gasteiger partial charge is 0.338 e. The van der Waals surface area contributed by atoms with Crippen LogP contribution in [0.2, 0.25) is 0 Å². The first kappa shape index (κ1) is 21.2. The first-order valence-corrected chi connectivity index (χ1v) is 10.6. The van der Waals surface area contributed by atoms with E-state index < -0.39 is 16.0 Å². The molecule has 0 fully saturated rings. The number of rotatable bonds is 9. The SMILES string of the molecule is CCCn1nnnc1COC(=O)c1cccc(S(=O)(=O)Nc2ccc(OC)cc2)c1. The van der Waals surface area contributed by atoms with Gasteiger partial charge in [-0.25, -0.2) is 17.9 Å². The van der Waals surface area contributed by atoms with Gasteiger partial charge in [0.1, 0.15) is 5.75 Å². The fourth-order valence-electron chi connectivity index (χ4n) is 2.59. The summed E-state index contributed by atoms with van der Waals surface area (Å²) in [6.07, 6.45) is 0.826. The Morgan fingerprint density at radius 3 is 2.63 bits per heavy atom. The minimum atomic E-state index is -3.90. The third kappa shape index (κ3) is 5.11. The molecule has 0 bridgehead atoms. The van der Waals surface area contributed by atoms with E-state index in [2.05, 4.69) is 20.2 Å². The van der Waals surface area contributed by atoms with Crippen molar-refractivity contribution < 1.29 is 22.7 Å². The van der Waals surface area contributed by atoms with Gasteiger partial charge in [-0.2, -0.15) is 0 Å². The van der Waals surface area contributed by atoms with Gasteiger partial charge in [-0.05, 0) is 59.3 Å². The lowest BCUT2D eigenvalue weighted by Gasteiger charge is -2.10. The average molecular weight is 431 g/mol. The van der Waals surface area contributed by atoms with Crippen LogP contribution in [0.4, 0.5) is 5.69 Å². The summed E-state index contributed by atoms with van der Waals surface area (Å²) in [5, 5.41) is 11.2. The van der Waals surface area contributed by atoms with Gasteiger partial charge in [0.05, 0.1) is 17.6 Å². The topological polar surface area (TPSA) is 125 Å². The monoisotopic (exact) mass is 431 g/mol. The third-order valence-corrected chi connectivity index (χ3v) is 5.48. The zero-order valence-electron chi connectivity index (χ0n) is 16.5. The van der Waals surface area contributed by atoms with E-state index >= 15 is 0 Å². The molecule has 0 aliphatic carbocycles. The second-order valence-electron chi connectivity index (χ2n) is 6.26. The third-order valence-electron chi connectivity index (χ3n) is 4.10. The number of nitrogens with one attached hydrogen (secondary N) is 1. The van der Waals surface area contributed by atoms with Crippen LogP contribution >= 0.6 is 0 Å². The second-order valence-corrected chi connectivity index (χ2v) is 7.94. The van der Waals surface area contributed by atoms with Crippen molar-refractivity contribution in [1.29, 1.82) is 0 Å². The number of tetrazole rings is 1. The fourth-order valence-corrected chi connectivity index (χ4v) is 3.69. The van der Waals surface area contributed by atoms with Gasteiger partial charge in [-0.15, -0.1) is 5.10 Å². The number of anilines is 1. The molecule has 2 aromatic carbocycles. The molecule has 158 valence electrons. The van der Waals surface area contributed by atoms with E-state index in [1.165, 1.54) is 31.4 Å². The molecule has 0 radical (unpaired) electrons. The van der Waals surface area contributed by atoms with Crippen molar-refractivity contribution in [2.75, 3.05) is 11.8 Å². The fraction of sp³-hybridized carbons (Fsp3) is 0.263. The zero-order valence-corrected chi connectivity index (χ0v) is 17.3. The van der Waals surface area contributed by atoms with Crippen molar-refractivity contribution >= 4 is 21.7 Å². The predicted octanol–water partition coefficient (Wildman–Crippen LogP) is 2.25. The van der Waals surface area contributed by atoms with Crippen molar-refractivity contribution in [1.82, 2.24) is 20.2 Å².